The van der Waals surface area contributed by atoms with Crippen molar-refractivity contribution < 1.29 is 9.59 Å². The maximum atomic E-state index is 11.7. The second-order valence-corrected chi connectivity index (χ2v) is 4.48. The second-order valence-electron chi connectivity index (χ2n) is 4.48. The van der Waals surface area contributed by atoms with E-state index >= 15 is 0 Å². The van der Waals surface area contributed by atoms with Gasteiger partial charge >= 0.3 is 0 Å². The van der Waals surface area contributed by atoms with E-state index in [2.05, 4.69) is 0 Å². The molecule has 0 unspecified atom stereocenters. The molecule has 0 aliphatic heterocycles. The summed E-state index contributed by atoms with van der Waals surface area (Å²) in [4.78, 5) is 23.2. The summed E-state index contributed by atoms with van der Waals surface area (Å²) in [6.07, 6.45) is 5.73. The van der Waals surface area contributed by atoms with Gasteiger partial charge in [-0.25, -0.2) is 0 Å². The van der Waals surface area contributed by atoms with E-state index in [4.69, 9.17) is 5.41 Å². The van der Waals surface area contributed by atoms with Gasteiger partial charge in [-0.1, -0.05) is 37.6 Å². The molecule has 0 fully saturated rings. The number of rotatable bonds is 7. The maximum Gasteiger partial charge on any atom is 0.206 e. The van der Waals surface area contributed by atoms with Gasteiger partial charge in [0.2, 0.25) is 5.78 Å². The van der Waals surface area contributed by atoms with Crippen LogP contribution in [0.25, 0.3) is 6.08 Å². The highest BCUT2D eigenvalue weighted by molar-refractivity contribution is 6.44. The Morgan fingerprint density at radius 3 is 2.68 bits per heavy atom. The van der Waals surface area contributed by atoms with Gasteiger partial charge < -0.3 is 5.41 Å². The van der Waals surface area contributed by atoms with Crippen molar-refractivity contribution in [3.8, 4) is 0 Å². The number of allylic oxidation sites excluding steroid dienone is 1. The zero-order valence-electron chi connectivity index (χ0n) is 11.4. The minimum absolute atomic E-state index is 0.0140. The van der Waals surface area contributed by atoms with Gasteiger partial charge in [-0.05, 0) is 31.1 Å². The lowest BCUT2D eigenvalue weighted by Crippen LogP contribution is -2.08. The fourth-order valence-electron chi connectivity index (χ4n) is 1.62. The molecule has 1 rings (SSSR count). The van der Waals surface area contributed by atoms with Crippen LogP contribution in [0.15, 0.2) is 30.3 Å². The second kappa shape index (κ2) is 7.41. The Labute approximate surface area is 113 Å². The van der Waals surface area contributed by atoms with Crippen LogP contribution in [0, 0.1) is 5.41 Å². The quantitative estimate of drug-likeness (QED) is 0.460. The maximum absolute atomic E-state index is 11.7. The third kappa shape index (κ3) is 5.00. The first-order valence-electron chi connectivity index (χ1n) is 6.45. The van der Waals surface area contributed by atoms with Crippen LogP contribution >= 0.6 is 0 Å². The molecule has 1 N–H and O–H groups in total. The first-order chi connectivity index (χ1) is 9.04. The standard InChI is InChI=1S/C16H19NO2/c1-3-4-8-15(18)10-9-13-6-5-7-14(11-13)16(19)12(2)17/h5-7,9-11,17H,3-4,8H2,1-2H3. The molecule has 3 nitrogen and oxygen atoms in total. The first-order valence-corrected chi connectivity index (χ1v) is 6.45. The summed E-state index contributed by atoms with van der Waals surface area (Å²) >= 11 is 0. The molecule has 0 saturated carbocycles. The minimum atomic E-state index is -0.285. The van der Waals surface area contributed by atoms with Crippen LogP contribution in [0.3, 0.4) is 0 Å². The normalized spacial score (nSPS) is 10.6. The van der Waals surface area contributed by atoms with Crippen molar-refractivity contribution in [1.82, 2.24) is 0 Å². The Kier molecular flexibility index (Phi) is 5.86. The highest BCUT2D eigenvalue weighted by Crippen LogP contribution is 2.09. The zero-order chi connectivity index (χ0) is 14.3. The summed E-state index contributed by atoms with van der Waals surface area (Å²) in [7, 11) is 0. The van der Waals surface area contributed by atoms with E-state index in [1.54, 1.807) is 30.4 Å². The van der Waals surface area contributed by atoms with Gasteiger partial charge in [-0.2, -0.15) is 0 Å². The number of unbranched alkanes of at least 4 members (excludes halogenated alkanes) is 1. The molecular weight excluding hydrogens is 238 g/mol. The number of carbonyl (C=O) groups is 2. The molecule has 0 aromatic heterocycles. The molecule has 100 valence electrons. The number of nitrogens with one attached hydrogen (secondary N) is 1. The third-order valence-electron chi connectivity index (χ3n) is 2.73. The Balaban J connectivity index is 2.77. The van der Waals surface area contributed by atoms with E-state index in [0.717, 1.165) is 18.4 Å². The zero-order valence-corrected chi connectivity index (χ0v) is 11.4. The van der Waals surface area contributed by atoms with Crippen LogP contribution in [0.5, 0.6) is 0 Å². The highest BCUT2D eigenvalue weighted by Gasteiger charge is 2.07. The van der Waals surface area contributed by atoms with Gasteiger partial charge in [0.25, 0.3) is 0 Å². The molecular formula is C16H19NO2. The molecule has 3 heteroatoms. The average molecular weight is 257 g/mol. The van der Waals surface area contributed by atoms with E-state index in [0.29, 0.717) is 12.0 Å². The number of Topliss-reactive ketones (excluding diaryl/α,β-unsaturated/α-hetero) is 1. The van der Waals surface area contributed by atoms with E-state index in [1.807, 2.05) is 13.0 Å². The number of ketones is 2. The summed E-state index contributed by atoms with van der Waals surface area (Å²) in [6.45, 7) is 3.52. The molecule has 0 radical (unpaired) electrons. The minimum Gasteiger partial charge on any atom is -0.302 e. The predicted octanol–water partition coefficient (Wildman–Crippen LogP) is 3.68. The third-order valence-corrected chi connectivity index (χ3v) is 2.73. The highest BCUT2D eigenvalue weighted by atomic mass is 16.1. The van der Waals surface area contributed by atoms with Crippen LogP contribution in [0.2, 0.25) is 0 Å². The van der Waals surface area contributed by atoms with E-state index in [9.17, 15) is 9.59 Å². The van der Waals surface area contributed by atoms with Gasteiger partial charge in [0.05, 0.1) is 5.71 Å². The van der Waals surface area contributed by atoms with Gasteiger partial charge in [-0.3, -0.25) is 9.59 Å². The van der Waals surface area contributed by atoms with Gasteiger partial charge in [0.15, 0.2) is 5.78 Å². The van der Waals surface area contributed by atoms with Crippen LogP contribution in [0.4, 0.5) is 0 Å². The van der Waals surface area contributed by atoms with Crippen molar-refractivity contribution >= 4 is 23.4 Å². The molecule has 19 heavy (non-hydrogen) atoms. The number of hydrogen-bond donors (Lipinski definition) is 1. The molecule has 1 aromatic rings. The smallest absolute Gasteiger partial charge is 0.206 e. The van der Waals surface area contributed by atoms with E-state index in [-0.39, 0.29) is 17.3 Å². The monoisotopic (exact) mass is 257 g/mol. The van der Waals surface area contributed by atoms with Crippen molar-refractivity contribution in [2.75, 3.05) is 0 Å². The van der Waals surface area contributed by atoms with Crippen LogP contribution in [-0.2, 0) is 4.79 Å². The summed E-state index contributed by atoms with van der Waals surface area (Å²) in [5.41, 5.74) is 1.30. The van der Waals surface area contributed by atoms with E-state index < -0.39 is 0 Å². The molecule has 0 atom stereocenters. The molecule has 0 spiro atoms. The molecule has 0 bridgehead atoms. The molecule has 0 saturated heterocycles. The van der Waals surface area contributed by atoms with Crippen molar-refractivity contribution in [3.05, 3.63) is 41.5 Å². The average Bonchev–Trinajstić information content (AvgIpc) is 2.42. The van der Waals surface area contributed by atoms with Crippen LogP contribution < -0.4 is 0 Å². The van der Waals surface area contributed by atoms with Gasteiger partial charge in [-0.15, -0.1) is 0 Å². The lowest BCUT2D eigenvalue weighted by molar-refractivity contribution is -0.114. The number of carbonyl (C=O) groups excluding carboxylic acids is 2. The molecule has 1 aromatic carbocycles. The molecule has 0 amide bonds. The van der Waals surface area contributed by atoms with E-state index in [1.165, 1.54) is 6.92 Å². The summed E-state index contributed by atoms with van der Waals surface area (Å²) in [5.74, 6) is -0.186. The van der Waals surface area contributed by atoms with Gasteiger partial charge in [0.1, 0.15) is 0 Å². The van der Waals surface area contributed by atoms with Crippen LogP contribution in [0.1, 0.15) is 49.0 Å². The SMILES string of the molecule is CCCCC(=O)C=Cc1cccc(C(=O)C(C)=N)c1. The molecule has 0 aliphatic carbocycles. The van der Waals surface area contributed by atoms with Crippen molar-refractivity contribution in [2.24, 2.45) is 0 Å². The fourth-order valence-corrected chi connectivity index (χ4v) is 1.62. The Morgan fingerprint density at radius 2 is 2.05 bits per heavy atom. The van der Waals surface area contributed by atoms with Crippen molar-refractivity contribution in [2.45, 2.75) is 33.1 Å². The Bertz CT molecular complexity index is 515. The largest absolute Gasteiger partial charge is 0.302 e. The Hall–Kier alpha value is -2.03. The van der Waals surface area contributed by atoms with Crippen LogP contribution in [-0.4, -0.2) is 17.3 Å². The van der Waals surface area contributed by atoms with Crippen molar-refractivity contribution in [1.29, 1.82) is 5.41 Å². The van der Waals surface area contributed by atoms with Gasteiger partial charge in [0, 0.05) is 12.0 Å². The molecule has 0 heterocycles. The topological polar surface area (TPSA) is 58.0 Å². The fraction of sp³-hybridized carbons (Fsp3) is 0.312. The summed E-state index contributed by atoms with van der Waals surface area (Å²) in [5, 5.41) is 7.33. The first kappa shape index (κ1) is 15.0. The lowest BCUT2D eigenvalue weighted by atomic mass is 10.0. The molecule has 0 aliphatic rings. The number of hydrogen-bond acceptors (Lipinski definition) is 3. The lowest BCUT2D eigenvalue weighted by Gasteiger charge is -2.00. The predicted molar refractivity (Wildman–Crippen MR) is 77.7 cm³/mol. The number of benzene rings is 1. The van der Waals surface area contributed by atoms with Crippen molar-refractivity contribution in [3.63, 3.8) is 0 Å². The summed E-state index contributed by atoms with van der Waals surface area (Å²) in [6, 6.07) is 6.96. The summed E-state index contributed by atoms with van der Waals surface area (Å²) < 4.78 is 0. The Morgan fingerprint density at radius 1 is 1.32 bits per heavy atom.